The number of hydrogen-bond donors (Lipinski definition) is 3. The van der Waals surface area contributed by atoms with Crippen molar-refractivity contribution in [1.29, 1.82) is 0 Å². The lowest BCUT2D eigenvalue weighted by Gasteiger charge is -2.18. The number of nitrogens with one attached hydrogen (secondary N) is 2. The van der Waals surface area contributed by atoms with Gasteiger partial charge in [0.15, 0.2) is 0 Å². The smallest absolute Gasteiger partial charge is 0.251 e. The Hall–Kier alpha value is -1.55. The molecule has 4 N–H and O–H groups in total. The maximum atomic E-state index is 12.0. The number of rotatable bonds is 4. The fraction of sp³-hybridized carbons (Fsp3) is 0.462. The summed E-state index contributed by atoms with van der Waals surface area (Å²) in [6, 6.07) is 5.60. The number of carbonyl (C=O) groups excluding carboxylic acids is 1. The summed E-state index contributed by atoms with van der Waals surface area (Å²) >= 11 is 0. The average molecular weight is 235 g/mol. The van der Waals surface area contributed by atoms with Crippen molar-refractivity contribution in [2.24, 2.45) is 11.8 Å². The summed E-state index contributed by atoms with van der Waals surface area (Å²) in [5.41, 5.74) is 4.97. The largest absolute Gasteiger partial charge is 0.349 e. The van der Waals surface area contributed by atoms with E-state index in [-0.39, 0.29) is 11.9 Å². The van der Waals surface area contributed by atoms with Gasteiger partial charge in [-0.15, -0.1) is 0 Å². The van der Waals surface area contributed by atoms with E-state index in [1.165, 1.54) is 0 Å². The summed E-state index contributed by atoms with van der Waals surface area (Å²) in [5, 5.41) is 2.98. The van der Waals surface area contributed by atoms with Crippen molar-refractivity contribution in [1.82, 2.24) is 5.32 Å². The minimum absolute atomic E-state index is 0.0349. The van der Waals surface area contributed by atoms with E-state index >= 15 is 0 Å². The Bertz CT molecular complexity index is 402. The molecule has 0 aliphatic heterocycles. The molecule has 0 heterocycles. The van der Waals surface area contributed by atoms with Gasteiger partial charge in [0.2, 0.25) is 0 Å². The molecule has 0 saturated heterocycles. The van der Waals surface area contributed by atoms with Crippen molar-refractivity contribution in [3.63, 3.8) is 0 Å². The van der Waals surface area contributed by atoms with Gasteiger partial charge in [-0.1, -0.05) is 13.8 Å². The molecular weight excluding hydrogens is 214 g/mol. The van der Waals surface area contributed by atoms with E-state index in [0.29, 0.717) is 11.5 Å². The third-order valence-corrected chi connectivity index (χ3v) is 3.00. The second-order valence-electron chi connectivity index (χ2n) is 4.68. The van der Waals surface area contributed by atoms with Crippen LogP contribution in [0.2, 0.25) is 0 Å². The number of nitrogens with two attached hydrogens (primary N) is 1. The molecule has 1 amide bonds. The van der Waals surface area contributed by atoms with E-state index < -0.39 is 0 Å². The molecule has 0 aliphatic carbocycles. The zero-order valence-corrected chi connectivity index (χ0v) is 10.9. The van der Waals surface area contributed by atoms with E-state index in [2.05, 4.69) is 24.6 Å². The van der Waals surface area contributed by atoms with Crippen LogP contribution in [0.5, 0.6) is 0 Å². The molecule has 17 heavy (non-hydrogen) atoms. The molecular formula is C13H21N3O. The molecule has 0 aliphatic rings. The highest BCUT2D eigenvalue weighted by Gasteiger charge is 2.14. The lowest BCUT2D eigenvalue weighted by Crippen LogP contribution is -2.36. The zero-order valence-electron chi connectivity index (χ0n) is 10.9. The van der Waals surface area contributed by atoms with Gasteiger partial charge < -0.3 is 10.7 Å². The van der Waals surface area contributed by atoms with Crippen LogP contribution in [-0.2, 0) is 0 Å². The summed E-state index contributed by atoms with van der Waals surface area (Å²) in [6.45, 7) is 8.07. The fourth-order valence-corrected chi connectivity index (χ4v) is 1.46. The van der Waals surface area contributed by atoms with Crippen molar-refractivity contribution in [3.05, 3.63) is 29.3 Å². The standard InChI is InChI=1S/C13H21N3O/c1-8(2)10(4)15-13(17)12-6-5-11(16-14)7-9(12)3/h5-8,10,16H,14H2,1-4H3,(H,15,17). The van der Waals surface area contributed by atoms with E-state index in [1.54, 1.807) is 12.1 Å². The average Bonchev–Trinajstić information content (AvgIpc) is 2.28. The van der Waals surface area contributed by atoms with Gasteiger partial charge in [0.25, 0.3) is 5.91 Å². The number of hydrogen-bond acceptors (Lipinski definition) is 3. The van der Waals surface area contributed by atoms with Crippen LogP contribution in [0.3, 0.4) is 0 Å². The summed E-state index contributed by atoms with van der Waals surface area (Å²) in [5.74, 6) is 5.70. The van der Waals surface area contributed by atoms with Crippen LogP contribution in [0.1, 0.15) is 36.7 Å². The van der Waals surface area contributed by atoms with Crippen LogP contribution < -0.4 is 16.6 Å². The molecule has 0 radical (unpaired) electrons. The van der Waals surface area contributed by atoms with Crippen LogP contribution in [-0.4, -0.2) is 11.9 Å². The number of carbonyl (C=O) groups is 1. The van der Waals surface area contributed by atoms with Crippen molar-refractivity contribution in [3.8, 4) is 0 Å². The van der Waals surface area contributed by atoms with Gasteiger partial charge in [0.05, 0.1) is 0 Å². The lowest BCUT2D eigenvalue weighted by molar-refractivity contribution is 0.0930. The fourth-order valence-electron chi connectivity index (χ4n) is 1.46. The Kier molecular flexibility index (Phi) is 4.52. The molecule has 4 nitrogen and oxygen atoms in total. The highest BCUT2D eigenvalue weighted by atomic mass is 16.1. The van der Waals surface area contributed by atoms with Gasteiger partial charge in [-0.2, -0.15) is 0 Å². The quantitative estimate of drug-likeness (QED) is 0.552. The van der Waals surface area contributed by atoms with E-state index in [4.69, 9.17) is 5.84 Å². The minimum Gasteiger partial charge on any atom is -0.349 e. The summed E-state index contributed by atoms with van der Waals surface area (Å²) in [6.07, 6.45) is 0. The maximum absolute atomic E-state index is 12.0. The highest BCUT2D eigenvalue weighted by Crippen LogP contribution is 2.14. The molecule has 0 spiro atoms. The van der Waals surface area contributed by atoms with Crippen LogP contribution in [0.25, 0.3) is 0 Å². The van der Waals surface area contributed by atoms with Crippen molar-refractivity contribution >= 4 is 11.6 Å². The third-order valence-electron chi connectivity index (χ3n) is 3.00. The predicted molar refractivity (Wildman–Crippen MR) is 70.8 cm³/mol. The zero-order chi connectivity index (χ0) is 13.0. The molecule has 0 aromatic heterocycles. The lowest BCUT2D eigenvalue weighted by atomic mass is 10.0. The van der Waals surface area contributed by atoms with Crippen molar-refractivity contribution in [2.45, 2.75) is 33.7 Å². The SMILES string of the molecule is Cc1cc(NN)ccc1C(=O)NC(C)C(C)C. The first kappa shape index (κ1) is 13.5. The molecule has 1 aromatic carbocycles. The summed E-state index contributed by atoms with van der Waals surface area (Å²) < 4.78 is 0. The Morgan fingerprint density at radius 1 is 1.29 bits per heavy atom. The first-order valence-electron chi connectivity index (χ1n) is 5.83. The van der Waals surface area contributed by atoms with Crippen LogP contribution >= 0.6 is 0 Å². The van der Waals surface area contributed by atoms with E-state index in [1.807, 2.05) is 19.9 Å². The van der Waals surface area contributed by atoms with Crippen molar-refractivity contribution in [2.75, 3.05) is 5.43 Å². The Morgan fingerprint density at radius 2 is 1.94 bits per heavy atom. The van der Waals surface area contributed by atoms with Gasteiger partial charge >= 0.3 is 0 Å². The monoisotopic (exact) mass is 235 g/mol. The number of hydrazine groups is 1. The van der Waals surface area contributed by atoms with Gasteiger partial charge in [-0.3, -0.25) is 10.6 Å². The van der Waals surface area contributed by atoms with Gasteiger partial charge in [-0.05, 0) is 43.5 Å². The predicted octanol–water partition coefficient (Wildman–Crippen LogP) is 2.05. The highest BCUT2D eigenvalue weighted by molar-refractivity contribution is 5.96. The molecule has 0 fully saturated rings. The van der Waals surface area contributed by atoms with Crippen LogP contribution in [0.15, 0.2) is 18.2 Å². The molecule has 1 atom stereocenters. The first-order valence-corrected chi connectivity index (χ1v) is 5.83. The van der Waals surface area contributed by atoms with E-state index in [0.717, 1.165) is 11.3 Å². The Balaban J connectivity index is 2.82. The molecule has 1 rings (SSSR count). The second-order valence-corrected chi connectivity index (χ2v) is 4.68. The Morgan fingerprint density at radius 3 is 2.41 bits per heavy atom. The number of amides is 1. The van der Waals surface area contributed by atoms with Crippen LogP contribution in [0.4, 0.5) is 5.69 Å². The topological polar surface area (TPSA) is 67.1 Å². The molecule has 0 bridgehead atoms. The molecule has 1 aromatic rings. The number of nitrogen functional groups attached to an aromatic ring is 1. The normalized spacial score (nSPS) is 12.4. The maximum Gasteiger partial charge on any atom is 0.251 e. The Labute approximate surface area is 103 Å². The van der Waals surface area contributed by atoms with Gasteiger partial charge in [0, 0.05) is 17.3 Å². The summed E-state index contributed by atoms with van der Waals surface area (Å²) in [7, 11) is 0. The third kappa shape index (κ3) is 3.46. The molecule has 1 unspecified atom stereocenters. The molecule has 94 valence electrons. The minimum atomic E-state index is -0.0349. The van der Waals surface area contributed by atoms with Crippen LogP contribution in [0, 0.1) is 12.8 Å². The first-order chi connectivity index (χ1) is 7.95. The molecule has 4 heteroatoms. The number of benzene rings is 1. The van der Waals surface area contributed by atoms with Crippen molar-refractivity contribution < 1.29 is 4.79 Å². The van der Waals surface area contributed by atoms with Gasteiger partial charge in [-0.25, -0.2) is 0 Å². The number of anilines is 1. The van der Waals surface area contributed by atoms with E-state index in [9.17, 15) is 4.79 Å². The number of aryl methyl sites for hydroxylation is 1. The summed E-state index contributed by atoms with van der Waals surface area (Å²) in [4.78, 5) is 12.0. The second kappa shape index (κ2) is 5.68. The molecule has 0 saturated carbocycles. The van der Waals surface area contributed by atoms with Gasteiger partial charge in [0.1, 0.15) is 0 Å².